The molecule has 1 aromatic heterocycles. The number of piperazine rings is 1. The molecule has 8 heteroatoms. The molecular weight excluding hydrogens is 268 g/mol. The van der Waals surface area contributed by atoms with Gasteiger partial charge in [0.05, 0.1) is 0 Å². The first-order chi connectivity index (χ1) is 8.82. The lowest BCUT2D eigenvalue weighted by Gasteiger charge is -2.31. The number of sulfonamides is 1. The maximum Gasteiger partial charge on any atom is 0.265 e. The zero-order valence-corrected chi connectivity index (χ0v) is 11.9. The number of hydrogen-bond acceptors (Lipinski definition) is 4. The fourth-order valence-electron chi connectivity index (χ4n) is 2.10. The first kappa shape index (κ1) is 14.0. The van der Waals surface area contributed by atoms with Gasteiger partial charge >= 0.3 is 0 Å². The van der Waals surface area contributed by atoms with Crippen LogP contribution in [-0.2, 0) is 17.1 Å². The molecule has 0 radical (unpaired) electrons. The van der Waals surface area contributed by atoms with E-state index in [4.69, 9.17) is 5.73 Å². The number of nitrogens with two attached hydrogens (primary N) is 1. The topological polar surface area (TPSA) is 88.6 Å². The monoisotopic (exact) mass is 286 g/mol. The van der Waals surface area contributed by atoms with Gasteiger partial charge in [0.15, 0.2) is 0 Å². The molecule has 0 atom stereocenters. The van der Waals surface area contributed by atoms with Gasteiger partial charge in [0.2, 0.25) is 10.0 Å². The molecule has 19 heavy (non-hydrogen) atoms. The van der Waals surface area contributed by atoms with E-state index in [9.17, 15) is 13.2 Å². The van der Waals surface area contributed by atoms with Crippen molar-refractivity contribution in [3.8, 4) is 0 Å². The molecule has 7 nitrogen and oxygen atoms in total. The van der Waals surface area contributed by atoms with E-state index in [1.807, 2.05) is 7.05 Å². The number of nitrogens with zero attached hydrogens (tertiary/aromatic N) is 3. The zero-order valence-electron chi connectivity index (χ0n) is 11.0. The van der Waals surface area contributed by atoms with Crippen LogP contribution in [0.15, 0.2) is 17.2 Å². The van der Waals surface area contributed by atoms with Gasteiger partial charge in [0, 0.05) is 39.4 Å². The minimum Gasteiger partial charge on any atom is -0.364 e. The van der Waals surface area contributed by atoms with E-state index < -0.39 is 15.9 Å². The van der Waals surface area contributed by atoms with Gasteiger partial charge in [-0.25, -0.2) is 8.42 Å². The third-order valence-corrected chi connectivity index (χ3v) is 5.20. The highest BCUT2D eigenvalue weighted by atomic mass is 32.2. The summed E-state index contributed by atoms with van der Waals surface area (Å²) in [6.07, 6.45) is 1.42. The molecule has 1 saturated heterocycles. The SMILES string of the molecule is CN1CCN(S(=O)(=O)c2cc(C(N)=O)n(C)c2)CC1. The number of carbonyl (C=O) groups is 1. The molecule has 1 aliphatic heterocycles. The van der Waals surface area contributed by atoms with Gasteiger partial charge < -0.3 is 15.2 Å². The molecule has 1 aromatic rings. The molecule has 1 fully saturated rings. The summed E-state index contributed by atoms with van der Waals surface area (Å²) in [5.41, 5.74) is 5.38. The van der Waals surface area contributed by atoms with Crippen molar-refractivity contribution in [1.82, 2.24) is 13.8 Å². The molecule has 1 amide bonds. The van der Waals surface area contributed by atoms with Crippen LogP contribution in [0.1, 0.15) is 10.5 Å². The van der Waals surface area contributed by atoms with Crippen LogP contribution in [-0.4, -0.2) is 61.3 Å². The molecule has 0 saturated carbocycles. The van der Waals surface area contributed by atoms with E-state index in [1.165, 1.54) is 21.1 Å². The third-order valence-electron chi connectivity index (χ3n) is 3.33. The Morgan fingerprint density at radius 3 is 2.26 bits per heavy atom. The largest absolute Gasteiger partial charge is 0.364 e. The molecule has 0 unspecified atom stereocenters. The number of primary amides is 1. The van der Waals surface area contributed by atoms with Gasteiger partial charge in [-0.1, -0.05) is 0 Å². The summed E-state index contributed by atoms with van der Waals surface area (Å²) in [7, 11) is 0.0137. The van der Waals surface area contributed by atoms with Gasteiger partial charge in [-0.3, -0.25) is 4.79 Å². The number of aromatic nitrogens is 1. The summed E-state index contributed by atoms with van der Waals surface area (Å²) in [6, 6.07) is 1.33. The van der Waals surface area contributed by atoms with Gasteiger partial charge in [-0.2, -0.15) is 4.31 Å². The van der Waals surface area contributed by atoms with E-state index in [1.54, 1.807) is 7.05 Å². The van der Waals surface area contributed by atoms with Crippen molar-refractivity contribution in [1.29, 1.82) is 0 Å². The summed E-state index contributed by atoms with van der Waals surface area (Å²) in [5.74, 6) is -0.637. The van der Waals surface area contributed by atoms with Crippen LogP contribution in [0.25, 0.3) is 0 Å². The van der Waals surface area contributed by atoms with Crippen LogP contribution < -0.4 is 5.73 Å². The molecular formula is C11H18N4O3S. The van der Waals surface area contributed by atoms with Gasteiger partial charge in [0.1, 0.15) is 10.6 Å². The van der Waals surface area contributed by atoms with Crippen LogP contribution in [0, 0.1) is 0 Å². The van der Waals surface area contributed by atoms with E-state index in [0.29, 0.717) is 26.2 Å². The molecule has 2 rings (SSSR count). The quantitative estimate of drug-likeness (QED) is 0.776. The fourth-order valence-corrected chi connectivity index (χ4v) is 3.59. The Labute approximate surface area is 112 Å². The third kappa shape index (κ3) is 2.65. The van der Waals surface area contributed by atoms with Crippen LogP contribution in [0.4, 0.5) is 0 Å². The summed E-state index contributed by atoms with van der Waals surface area (Å²) in [4.78, 5) is 13.4. The normalized spacial score (nSPS) is 18.6. The van der Waals surface area contributed by atoms with Crippen molar-refractivity contribution >= 4 is 15.9 Å². The van der Waals surface area contributed by atoms with Crippen molar-refractivity contribution in [2.24, 2.45) is 12.8 Å². The van der Waals surface area contributed by atoms with Crippen molar-refractivity contribution in [3.63, 3.8) is 0 Å². The Kier molecular flexibility index (Phi) is 3.66. The molecule has 0 bridgehead atoms. The fraction of sp³-hybridized carbons (Fsp3) is 0.545. The second-order valence-electron chi connectivity index (χ2n) is 4.74. The smallest absolute Gasteiger partial charge is 0.265 e. The standard InChI is InChI=1S/C11H18N4O3S/c1-13-3-5-15(6-4-13)19(17,18)9-7-10(11(12)16)14(2)8-9/h7-8H,3-6H2,1-2H3,(H2,12,16). The Morgan fingerprint density at radius 1 is 1.21 bits per heavy atom. The minimum atomic E-state index is -3.54. The molecule has 2 N–H and O–H groups in total. The predicted octanol–water partition coefficient (Wildman–Crippen LogP) is -0.940. The second kappa shape index (κ2) is 4.95. The number of aryl methyl sites for hydroxylation is 1. The van der Waals surface area contributed by atoms with Crippen molar-refractivity contribution in [2.45, 2.75) is 4.90 Å². The Morgan fingerprint density at radius 2 is 1.79 bits per heavy atom. The molecule has 1 aliphatic rings. The lowest BCUT2D eigenvalue weighted by molar-refractivity contribution is 0.0992. The number of hydrogen-bond donors (Lipinski definition) is 1. The number of rotatable bonds is 3. The van der Waals surface area contributed by atoms with Gasteiger partial charge in [0.25, 0.3) is 5.91 Å². The van der Waals surface area contributed by atoms with E-state index in [-0.39, 0.29) is 10.6 Å². The van der Waals surface area contributed by atoms with E-state index in [0.717, 1.165) is 0 Å². The summed E-state index contributed by atoms with van der Waals surface area (Å²) < 4.78 is 27.7. The van der Waals surface area contributed by atoms with Crippen molar-refractivity contribution in [2.75, 3.05) is 33.2 Å². The Bertz CT molecular complexity index is 585. The minimum absolute atomic E-state index is 0.119. The Balaban J connectivity index is 2.29. The molecule has 0 aliphatic carbocycles. The summed E-state index contributed by atoms with van der Waals surface area (Å²) in [5, 5.41) is 0. The highest BCUT2D eigenvalue weighted by Gasteiger charge is 2.29. The zero-order chi connectivity index (χ0) is 14.2. The maximum atomic E-state index is 12.4. The lowest BCUT2D eigenvalue weighted by atomic mass is 10.4. The highest BCUT2D eigenvalue weighted by Crippen LogP contribution is 2.19. The van der Waals surface area contributed by atoms with Gasteiger partial charge in [-0.05, 0) is 13.1 Å². The number of amides is 1. The van der Waals surface area contributed by atoms with Gasteiger partial charge in [-0.15, -0.1) is 0 Å². The van der Waals surface area contributed by atoms with Crippen molar-refractivity contribution in [3.05, 3.63) is 18.0 Å². The number of carbonyl (C=O) groups excluding carboxylic acids is 1. The number of likely N-dealkylation sites (N-methyl/N-ethyl adjacent to an activating group) is 1. The summed E-state index contributed by atoms with van der Waals surface area (Å²) >= 11 is 0. The van der Waals surface area contributed by atoms with E-state index in [2.05, 4.69) is 4.90 Å². The van der Waals surface area contributed by atoms with Crippen LogP contribution in [0.2, 0.25) is 0 Å². The van der Waals surface area contributed by atoms with E-state index >= 15 is 0 Å². The van der Waals surface area contributed by atoms with Crippen LogP contribution in [0.3, 0.4) is 0 Å². The molecule has 2 heterocycles. The van der Waals surface area contributed by atoms with Crippen molar-refractivity contribution < 1.29 is 13.2 Å². The lowest BCUT2D eigenvalue weighted by Crippen LogP contribution is -2.46. The predicted molar refractivity (Wildman–Crippen MR) is 70.2 cm³/mol. The molecule has 0 aromatic carbocycles. The average molecular weight is 286 g/mol. The maximum absolute atomic E-state index is 12.4. The second-order valence-corrected chi connectivity index (χ2v) is 6.68. The molecule has 106 valence electrons. The van der Waals surface area contributed by atoms with Crippen LogP contribution >= 0.6 is 0 Å². The first-order valence-corrected chi connectivity index (χ1v) is 7.41. The first-order valence-electron chi connectivity index (χ1n) is 5.97. The highest BCUT2D eigenvalue weighted by molar-refractivity contribution is 7.89. The molecule has 0 spiro atoms. The van der Waals surface area contributed by atoms with Crippen LogP contribution in [0.5, 0.6) is 0 Å². The summed E-state index contributed by atoms with van der Waals surface area (Å²) in [6.45, 7) is 2.32. The average Bonchev–Trinajstić information content (AvgIpc) is 2.72. The Hall–Kier alpha value is -1.38.